The molecule has 224 valence electrons. The first-order valence-electron chi connectivity index (χ1n) is 14.5. The van der Waals surface area contributed by atoms with E-state index in [4.69, 9.17) is 23.4 Å². The van der Waals surface area contributed by atoms with Gasteiger partial charge in [-0.1, -0.05) is 20.8 Å². The van der Waals surface area contributed by atoms with Crippen molar-refractivity contribution in [2.24, 2.45) is 33.5 Å². The van der Waals surface area contributed by atoms with Gasteiger partial charge in [-0.2, -0.15) is 0 Å². The number of ether oxygens (including phenoxy) is 4. The molecule has 11 nitrogen and oxygen atoms in total. The Morgan fingerprint density at radius 1 is 0.976 bits per heavy atom. The minimum absolute atomic E-state index is 0.0205. The van der Waals surface area contributed by atoms with E-state index in [1.54, 1.807) is 19.5 Å². The topological polar surface area (TPSA) is 165 Å². The molecule has 0 radical (unpaired) electrons. The zero-order valence-electron chi connectivity index (χ0n) is 23.9. The van der Waals surface area contributed by atoms with Gasteiger partial charge in [-0.25, -0.2) is 0 Å². The molecule has 0 unspecified atom stereocenters. The number of epoxide rings is 1. The zero-order valence-corrected chi connectivity index (χ0v) is 23.9. The minimum atomic E-state index is -1.36. The molecule has 1 aromatic rings. The summed E-state index contributed by atoms with van der Waals surface area (Å²) in [5, 5.41) is 35.4. The standard InChI is InChI=1S/C30H38O11/c1-13(31)39-20-10-19(34)29-12-38-25(36)26(20,3)17(29)9-18(33)28(5)23(29)22(35)24(40-14(2)32)27(4)16(15-6-7-37-11-15)8-21-30(27,28)41-21/h6-7,11,16-21,23-25,33-34,36H,8-10,12H2,1-5H3/t16-,17+,18+,19-,20-,21+,23-,24-,25-,26+,27-,28-,29+,30-/m0/s1. The van der Waals surface area contributed by atoms with E-state index in [0.29, 0.717) is 6.42 Å². The van der Waals surface area contributed by atoms with Crippen molar-refractivity contribution in [3.63, 3.8) is 0 Å². The van der Waals surface area contributed by atoms with Gasteiger partial charge in [0.15, 0.2) is 18.2 Å². The first kappa shape index (κ1) is 27.5. The Balaban J connectivity index is 1.44. The molecule has 41 heavy (non-hydrogen) atoms. The fraction of sp³-hybridized carbons (Fsp3) is 0.767. The summed E-state index contributed by atoms with van der Waals surface area (Å²) in [5.41, 5.74) is -4.93. The van der Waals surface area contributed by atoms with Gasteiger partial charge in [0, 0.05) is 42.9 Å². The van der Waals surface area contributed by atoms with E-state index < -0.39 is 87.5 Å². The van der Waals surface area contributed by atoms with Gasteiger partial charge >= 0.3 is 11.9 Å². The average Bonchev–Trinajstić information content (AvgIpc) is 3.26. The highest BCUT2D eigenvalue weighted by Crippen LogP contribution is 2.82. The van der Waals surface area contributed by atoms with Crippen LogP contribution in [0.2, 0.25) is 0 Å². The Hall–Kier alpha value is -2.31. The smallest absolute Gasteiger partial charge is 0.303 e. The highest BCUT2D eigenvalue weighted by molar-refractivity contribution is 5.93. The molecular formula is C30H38O11. The number of hydrogen-bond acceptors (Lipinski definition) is 11. The van der Waals surface area contributed by atoms with E-state index >= 15 is 4.79 Å². The molecule has 3 heterocycles. The number of aliphatic hydroxyl groups is 3. The van der Waals surface area contributed by atoms with Gasteiger partial charge < -0.3 is 38.7 Å². The van der Waals surface area contributed by atoms with Crippen LogP contribution in [0.15, 0.2) is 23.0 Å². The molecular weight excluding hydrogens is 536 g/mol. The van der Waals surface area contributed by atoms with Crippen LogP contribution in [-0.4, -0.2) is 82.1 Å². The molecule has 11 heteroatoms. The maximum atomic E-state index is 15.0. The summed E-state index contributed by atoms with van der Waals surface area (Å²) in [6.45, 7) is 7.85. The Labute approximate surface area is 237 Å². The summed E-state index contributed by atoms with van der Waals surface area (Å²) in [6, 6.07) is 1.84. The molecule has 1 aromatic heterocycles. The van der Waals surface area contributed by atoms with Crippen LogP contribution in [0.3, 0.4) is 0 Å². The van der Waals surface area contributed by atoms with Crippen molar-refractivity contribution < 1.29 is 53.1 Å². The Kier molecular flexibility index (Phi) is 5.50. The molecule has 0 amide bonds. The third kappa shape index (κ3) is 2.85. The second kappa shape index (κ2) is 8.19. The molecule has 4 saturated carbocycles. The molecule has 6 fully saturated rings. The Bertz CT molecular complexity index is 1310. The van der Waals surface area contributed by atoms with E-state index in [9.17, 15) is 24.9 Å². The molecule has 0 aromatic carbocycles. The molecule has 3 N–H and O–H groups in total. The number of ketones is 1. The second-order valence-electron chi connectivity index (χ2n) is 13.9. The van der Waals surface area contributed by atoms with Gasteiger partial charge in [0.2, 0.25) is 0 Å². The second-order valence-corrected chi connectivity index (χ2v) is 13.9. The molecule has 2 saturated heterocycles. The van der Waals surface area contributed by atoms with Crippen LogP contribution >= 0.6 is 0 Å². The summed E-state index contributed by atoms with van der Waals surface area (Å²) >= 11 is 0. The van der Waals surface area contributed by atoms with E-state index in [1.165, 1.54) is 13.8 Å². The highest BCUT2D eigenvalue weighted by atomic mass is 16.6. The van der Waals surface area contributed by atoms with Gasteiger partial charge in [-0.3, -0.25) is 14.4 Å². The van der Waals surface area contributed by atoms with Crippen molar-refractivity contribution in [1.82, 2.24) is 0 Å². The molecule has 2 aliphatic heterocycles. The van der Waals surface area contributed by atoms with Crippen LogP contribution in [0.5, 0.6) is 0 Å². The van der Waals surface area contributed by atoms with Crippen molar-refractivity contribution in [1.29, 1.82) is 0 Å². The lowest BCUT2D eigenvalue weighted by Gasteiger charge is -2.73. The SMILES string of the molecule is CC(=O)O[C@H]1C[C@H](O)[C@@]23CO[C@H](O)[C@]1(C)[C@H]2C[C@@H](O)[C@@]1(C)[C@@H]3C(=O)[C@H](OC(C)=O)[C@]2(C)[C@H](c3ccoc3)C[C@H]3O[C@]312. The maximum absolute atomic E-state index is 15.0. The number of furan rings is 1. The van der Waals surface area contributed by atoms with Crippen molar-refractivity contribution >= 4 is 17.7 Å². The summed E-state index contributed by atoms with van der Waals surface area (Å²) < 4.78 is 29.5. The Morgan fingerprint density at radius 3 is 2.32 bits per heavy atom. The van der Waals surface area contributed by atoms with E-state index in [1.807, 2.05) is 19.9 Å². The zero-order chi connectivity index (χ0) is 29.5. The van der Waals surface area contributed by atoms with Crippen molar-refractivity contribution in [3.8, 4) is 0 Å². The number of carbonyl (C=O) groups excluding carboxylic acids is 3. The fourth-order valence-electron chi connectivity index (χ4n) is 11.0. The number of fused-ring (bicyclic) bond motifs is 1. The van der Waals surface area contributed by atoms with Gasteiger partial charge in [0.25, 0.3) is 0 Å². The summed E-state index contributed by atoms with van der Waals surface area (Å²) in [4.78, 5) is 39.7. The first-order valence-corrected chi connectivity index (χ1v) is 14.5. The third-order valence-corrected chi connectivity index (χ3v) is 12.6. The van der Waals surface area contributed by atoms with Crippen molar-refractivity contribution in [2.75, 3.05) is 6.61 Å². The highest BCUT2D eigenvalue weighted by Gasteiger charge is 2.92. The van der Waals surface area contributed by atoms with Gasteiger partial charge in [0.05, 0.1) is 48.3 Å². The lowest BCUT2D eigenvalue weighted by molar-refractivity contribution is -0.373. The quantitative estimate of drug-likeness (QED) is 0.354. The monoisotopic (exact) mass is 574 g/mol. The molecule has 6 aliphatic rings. The molecule has 14 atom stereocenters. The number of rotatable bonds is 3. The number of Topliss-reactive ketones (excluding diaryl/α,β-unsaturated/α-hetero) is 1. The van der Waals surface area contributed by atoms with Gasteiger partial charge in [-0.05, 0) is 30.4 Å². The first-order chi connectivity index (χ1) is 19.2. The van der Waals surface area contributed by atoms with Crippen LogP contribution in [0.1, 0.15) is 65.4 Å². The lowest BCUT2D eigenvalue weighted by Crippen LogP contribution is -2.82. The fourth-order valence-corrected chi connectivity index (χ4v) is 11.0. The van der Waals surface area contributed by atoms with Crippen LogP contribution in [0.25, 0.3) is 0 Å². The third-order valence-electron chi connectivity index (χ3n) is 12.6. The molecule has 7 rings (SSSR count). The van der Waals surface area contributed by atoms with Crippen LogP contribution < -0.4 is 0 Å². The van der Waals surface area contributed by atoms with E-state index in [0.717, 1.165) is 5.56 Å². The predicted octanol–water partition coefficient (Wildman–Crippen LogP) is 1.47. The van der Waals surface area contributed by atoms with Crippen molar-refractivity contribution in [2.45, 2.75) is 102 Å². The normalized spacial score (nSPS) is 54.7. The average molecular weight is 575 g/mol. The summed E-state index contributed by atoms with van der Waals surface area (Å²) in [7, 11) is 0. The summed E-state index contributed by atoms with van der Waals surface area (Å²) in [5.74, 6) is -3.56. The summed E-state index contributed by atoms with van der Waals surface area (Å²) in [6.07, 6.45) is -2.27. The van der Waals surface area contributed by atoms with Crippen LogP contribution in [0, 0.1) is 33.5 Å². The molecule has 1 spiro atoms. The maximum Gasteiger partial charge on any atom is 0.303 e. The number of aliphatic hydroxyl groups excluding tert-OH is 3. The molecule has 2 bridgehead atoms. The van der Waals surface area contributed by atoms with Crippen LogP contribution in [0.4, 0.5) is 0 Å². The minimum Gasteiger partial charge on any atom is -0.472 e. The van der Waals surface area contributed by atoms with E-state index in [-0.39, 0.29) is 31.5 Å². The van der Waals surface area contributed by atoms with Gasteiger partial charge in [0.1, 0.15) is 11.7 Å². The Morgan fingerprint density at radius 2 is 1.68 bits per heavy atom. The van der Waals surface area contributed by atoms with Crippen molar-refractivity contribution in [3.05, 3.63) is 24.2 Å². The largest absolute Gasteiger partial charge is 0.472 e. The van der Waals surface area contributed by atoms with Crippen LogP contribution in [-0.2, 0) is 33.3 Å². The lowest BCUT2D eigenvalue weighted by atomic mass is 9.33. The number of esters is 2. The van der Waals surface area contributed by atoms with E-state index in [2.05, 4.69) is 0 Å². The number of hydrogen-bond donors (Lipinski definition) is 3. The number of carbonyl (C=O) groups is 3. The predicted molar refractivity (Wildman–Crippen MR) is 137 cm³/mol. The van der Waals surface area contributed by atoms with Gasteiger partial charge in [-0.15, -0.1) is 0 Å². The molecule has 4 aliphatic carbocycles.